The van der Waals surface area contributed by atoms with E-state index in [1.807, 2.05) is 13.0 Å². The Labute approximate surface area is 215 Å². The Morgan fingerprint density at radius 3 is 2.47 bits per heavy atom. The van der Waals surface area contributed by atoms with E-state index >= 15 is 0 Å². The summed E-state index contributed by atoms with van der Waals surface area (Å²) in [5, 5.41) is 14.2. The molecule has 0 aliphatic carbocycles. The van der Waals surface area contributed by atoms with Crippen molar-refractivity contribution in [3.63, 3.8) is 0 Å². The molecule has 3 aromatic heterocycles. The van der Waals surface area contributed by atoms with E-state index in [2.05, 4.69) is 25.8 Å². The second-order valence-corrected chi connectivity index (χ2v) is 9.03. The normalized spacial score (nSPS) is 11.7. The van der Waals surface area contributed by atoms with E-state index in [0.717, 1.165) is 10.2 Å². The van der Waals surface area contributed by atoms with E-state index in [0.29, 0.717) is 16.8 Å². The number of nitrogens with one attached hydrogen (secondary N) is 2. The first-order chi connectivity index (χ1) is 17.9. The predicted molar refractivity (Wildman–Crippen MR) is 134 cm³/mol. The number of aromatic nitrogens is 5. The van der Waals surface area contributed by atoms with Crippen molar-refractivity contribution in [1.82, 2.24) is 29.9 Å². The van der Waals surface area contributed by atoms with Crippen molar-refractivity contribution in [2.24, 2.45) is 0 Å². The molecule has 0 saturated heterocycles. The molecule has 0 atom stereocenters. The van der Waals surface area contributed by atoms with Crippen LogP contribution in [0.15, 0.2) is 36.7 Å². The van der Waals surface area contributed by atoms with Crippen LogP contribution in [0.25, 0.3) is 16.7 Å². The number of ether oxygens (including phenoxy) is 1. The first-order valence-electron chi connectivity index (χ1n) is 11.6. The minimum Gasteiger partial charge on any atom is -0.480 e. The van der Waals surface area contributed by atoms with Gasteiger partial charge < -0.3 is 15.4 Å². The zero-order valence-corrected chi connectivity index (χ0v) is 21.3. The zero-order valence-electron chi connectivity index (χ0n) is 21.3. The minimum absolute atomic E-state index is 0.0277. The maximum Gasteiger partial charge on any atom is 0.408 e. The Morgan fingerprint density at radius 1 is 1.11 bits per heavy atom. The first-order valence-corrected chi connectivity index (χ1v) is 11.6. The van der Waals surface area contributed by atoms with E-state index in [9.17, 15) is 22.8 Å². The van der Waals surface area contributed by atoms with Gasteiger partial charge in [-0.25, -0.2) is 9.67 Å². The third kappa shape index (κ3) is 5.45. The Bertz CT molecular complexity index is 1520. The Hall–Kier alpha value is -4.42. The van der Waals surface area contributed by atoms with Crippen LogP contribution < -0.4 is 15.4 Å². The molecule has 0 unspecified atom stereocenters. The molecule has 3 heterocycles. The number of aryl methyl sites for hydroxylation is 2. The Balaban J connectivity index is 1.84. The van der Waals surface area contributed by atoms with Gasteiger partial charge in [0.2, 0.25) is 5.88 Å². The van der Waals surface area contributed by atoms with Crippen LogP contribution in [0.3, 0.4) is 0 Å². The summed E-state index contributed by atoms with van der Waals surface area (Å²) in [5.74, 6) is -0.664. The molecule has 0 aliphatic rings. The molecule has 4 aromatic rings. The fourth-order valence-electron chi connectivity index (χ4n) is 4.00. The van der Waals surface area contributed by atoms with Crippen molar-refractivity contribution in [2.45, 2.75) is 46.5 Å². The van der Waals surface area contributed by atoms with Crippen LogP contribution in [-0.2, 0) is 6.54 Å². The molecule has 0 spiro atoms. The SMILES string of the molecule is COc1cc(C(=O)Nc2c(C)cc3cn(CC(F)(F)F)nc3c2C(=O)NC(C)C)n(-c2ncccc2C)n1. The summed E-state index contributed by atoms with van der Waals surface area (Å²) in [6, 6.07) is 6.26. The van der Waals surface area contributed by atoms with Gasteiger partial charge in [0, 0.05) is 29.9 Å². The number of benzene rings is 1. The summed E-state index contributed by atoms with van der Waals surface area (Å²) >= 11 is 0. The van der Waals surface area contributed by atoms with E-state index < -0.39 is 24.5 Å². The molecule has 10 nitrogen and oxygen atoms in total. The van der Waals surface area contributed by atoms with Gasteiger partial charge in [0.25, 0.3) is 11.8 Å². The molecule has 38 heavy (non-hydrogen) atoms. The molecular weight excluding hydrogens is 503 g/mol. The third-order valence-corrected chi connectivity index (χ3v) is 5.58. The average molecular weight is 530 g/mol. The standard InChI is InChI=1S/C25H26F3N7O3/c1-13(2)30-24(37)19-20(15(4)9-16-11-34(33-21(16)19)12-25(26,27)28)31-23(36)17-10-18(38-5)32-35(17)22-14(3)7-6-8-29-22/h6-11,13H,12H2,1-5H3,(H,30,37)(H,31,36). The molecular formula is C25H26F3N7O3. The van der Waals surface area contributed by atoms with Gasteiger partial charge in [-0.15, -0.1) is 5.10 Å². The van der Waals surface area contributed by atoms with Gasteiger partial charge in [0.05, 0.1) is 18.4 Å². The van der Waals surface area contributed by atoms with Crippen LogP contribution in [0.1, 0.15) is 45.8 Å². The van der Waals surface area contributed by atoms with Crippen molar-refractivity contribution in [3.8, 4) is 11.7 Å². The third-order valence-electron chi connectivity index (χ3n) is 5.58. The summed E-state index contributed by atoms with van der Waals surface area (Å²) in [7, 11) is 1.41. The van der Waals surface area contributed by atoms with Crippen LogP contribution in [0, 0.1) is 13.8 Å². The van der Waals surface area contributed by atoms with Crippen molar-refractivity contribution < 1.29 is 27.5 Å². The van der Waals surface area contributed by atoms with Crippen LogP contribution >= 0.6 is 0 Å². The highest BCUT2D eigenvalue weighted by molar-refractivity contribution is 6.15. The molecule has 4 rings (SSSR count). The van der Waals surface area contributed by atoms with Crippen molar-refractivity contribution in [1.29, 1.82) is 0 Å². The second kappa shape index (κ2) is 10.1. The summed E-state index contributed by atoms with van der Waals surface area (Å²) in [6.07, 6.45) is -1.73. The predicted octanol–water partition coefficient (Wildman–Crippen LogP) is 4.20. The number of carbonyl (C=O) groups excluding carboxylic acids is 2. The fraction of sp³-hybridized carbons (Fsp3) is 0.320. The average Bonchev–Trinajstić information content (AvgIpc) is 3.41. The summed E-state index contributed by atoms with van der Waals surface area (Å²) < 4.78 is 46.4. The topological polar surface area (TPSA) is 116 Å². The number of rotatable bonds is 7. The lowest BCUT2D eigenvalue weighted by Gasteiger charge is -2.16. The van der Waals surface area contributed by atoms with Gasteiger partial charge in [-0.3, -0.25) is 14.3 Å². The molecule has 0 bridgehead atoms. The molecule has 0 radical (unpaired) electrons. The quantitative estimate of drug-likeness (QED) is 0.371. The van der Waals surface area contributed by atoms with Crippen LogP contribution in [0.4, 0.5) is 18.9 Å². The second-order valence-electron chi connectivity index (χ2n) is 9.03. The number of hydrogen-bond donors (Lipinski definition) is 2. The number of anilines is 1. The van der Waals surface area contributed by atoms with Crippen molar-refractivity contribution >= 4 is 28.4 Å². The van der Waals surface area contributed by atoms with Gasteiger partial charge in [-0.05, 0) is 51.0 Å². The molecule has 0 saturated carbocycles. The van der Waals surface area contributed by atoms with Gasteiger partial charge in [0.15, 0.2) is 5.82 Å². The van der Waals surface area contributed by atoms with Crippen molar-refractivity contribution in [2.75, 3.05) is 12.4 Å². The number of pyridine rings is 1. The number of carbonyl (C=O) groups is 2. The van der Waals surface area contributed by atoms with Crippen LogP contribution in [0.5, 0.6) is 5.88 Å². The van der Waals surface area contributed by atoms with Gasteiger partial charge in [-0.2, -0.15) is 18.3 Å². The number of halogens is 3. The molecule has 0 fully saturated rings. The van der Waals surface area contributed by atoms with Crippen LogP contribution in [-0.4, -0.2) is 55.7 Å². The maximum atomic E-state index is 13.6. The first kappa shape index (κ1) is 26.6. The Kier molecular flexibility index (Phi) is 7.11. The Morgan fingerprint density at radius 2 is 1.84 bits per heavy atom. The summed E-state index contributed by atoms with van der Waals surface area (Å²) in [5.41, 5.74) is 1.37. The number of amides is 2. The van der Waals surface area contributed by atoms with Crippen molar-refractivity contribution in [3.05, 3.63) is 59.0 Å². The number of alkyl halides is 3. The van der Waals surface area contributed by atoms with E-state index in [-0.39, 0.29) is 34.4 Å². The van der Waals surface area contributed by atoms with E-state index in [1.165, 1.54) is 24.1 Å². The van der Waals surface area contributed by atoms with Gasteiger partial charge in [-0.1, -0.05) is 6.07 Å². The number of fused-ring (bicyclic) bond motifs is 1. The minimum atomic E-state index is -4.50. The largest absolute Gasteiger partial charge is 0.480 e. The highest BCUT2D eigenvalue weighted by atomic mass is 19.4. The zero-order chi connectivity index (χ0) is 27.8. The molecule has 200 valence electrons. The van der Waals surface area contributed by atoms with Crippen LogP contribution in [0.2, 0.25) is 0 Å². The lowest BCUT2D eigenvalue weighted by Crippen LogP contribution is -2.31. The van der Waals surface area contributed by atoms with E-state index in [1.54, 1.807) is 39.1 Å². The lowest BCUT2D eigenvalue weighted by atomic mass is 10.0. The number of nitrogens with zero attached hydrogens (tertiary/aromatic N) is 5. The number of methoxy groups -OCH3 is 1. The molecule has 2 N–H and O–H groups in total. The molecule has 13 heteroatoms. The molecule has 0 aliphatic heterocycles. The van der Waals surface area contributed by atoms with E-state index in [4.69, 9.17) is 4.74 Å². The fourth-order valence-corrected chi connectivity index (χ4v) is 4.00. The molecule has 1 aromatic carbocycles. The lowest BCUT2D eigenvalue weighted by molar-refractivity contribution is -0.142. The highest BCUT2D eigenvalue weighted by Gasteiger charge is 2.30. The number of hydrogen-bond acceptors (Lipinski definition) is 6. The molecule has 2 amide bonds. The smallest absolute Gasteiger partial charge is 0.408 e. The monoisotopic (exact) mass is 529 g/mol. The van der Waals surface area contributed by atoms with Gasteiger partial charge >= 0.3 is 6.18 Å². The highest BCUT2D eigenvalue weighted by Crippen LogP contribution is 2.31. The summed E-state index contributed by atoms with van der Waals surface area (Å²) in [6.45, 7) is 5.61. The maximum absolute atomic E-state index is 13.6. The summed E-state index contributed by atoms with van der Waals surface area (Å²) in [4.78, 5) is 31.1. The van der Waals surface area contributed by atoms with Gasteiger partial charge in [0.1, 0.15) is 17.8 Å².